The van der Waals surface area contributed by atoms with Gasteiger partial charge in [-0.25, -0.2) is 8.78 Å². The highest BCUT2D eigenvalue weighted by atomic mass is 31.0. The number of allylic oxidation sites excluding steroid dienone is 3. The van der Waals surface area contributed by atoms with E-state index in [4.69, 9.17) is 14.6 Å². The molecular weight excluding hydrogens is 525 g/mol. The van der Waals surface area contributed by atoms with E-state index in [1.807, 2.05) is 40.6 Å². The Morgan fingerprint density at radius 1 is 1.23 bits per heavy atom. The van der Waals surface area contributed by atoms with Crippen LogP contribution >= 0.6 is 9.24 Å². The number of halogens is 2. The van der Waals surface area contributed by atoms with Crippen molar-refractivity contribution in [2.75, 3.05) is 31.0 Å². The largest absolute Gasteiger partial charge is 0.494 e. The van der Waals surface area contributed by atoms with E-state index in [1.165, 1.54) is 7.11 Å². The van der Waals surface area contributed by atoms with Gasteiger partial charge in [0.2, 0.25) is 0 Å². The van der Waals surface area contributed by atoms with Crippen LogP contribution in [0.25, 0.3) is 0 Å². The quantitative estimate of drug-likeness (QED) is 0.141. The monoisotopic (exact) mass is 576 g/mol. The van der Waals surface area contributed by atoms with Crippen LogP contribution in [-0.4, -0.2) is 60.1 Å². The molecule has 0 bridgehead atoms. The first-order valence-corrected chi connectivity index (χ1v) is 14.1. The van der Waals surface area contributed by atoms with Gasteiger partial charge < -0.3 is 35.5 Å². The van der Waals surface area contributed by atoms with Crippen LogP contribution in [0, 0.1) is 11.6 Å². The molecule has 1 aliphatic rings. The van der Waals surface area contributed by atoms with Crippen molar-refractivity contribution in [3.05, 3.63) is 40.7 Å². The Morgan fingerprint density at radius 2 is 1.82 bits per heavy atom. The summed E-state index contributed by atoms with van der Waals surface area (Å²) in [6, 6.07) is 0.715. The average Bonchev–Trinajstić information content (AvgIpc) is 3.69. The number of anilines is 2. The van der Waals surface area contributed by atoms with Gasteiger partial charge in [-0.2, -0.15) is 0 Å². The Labute approximate surface area is 236 Å². The molecule has 3 atom stereocenters. The Bertz CT molecular complexity index is 878. The highest BCUT2D eigenvalue weighted by Gasteiger charge is 2.45. The molecule has 0 heterocycles. The molecule has 0 amide bonds. The maximum absolute atomic E-state index is 14.8. The summed E-state index contributed by atoms with van der Waals surface area (Å²) < 4.78 is 34.4. The third-order valence-electron chi connectivity index (χ3n) is 5.78. The minimum absolute atomic E-state index is 0.0189. The summed E-state index contributed by atoms with van der Waals surface area (Å²) in [5, 5.41) is 34.3. The minimum Gasteiger partial charge on any atom is -0.494 e. The van der Waals surface area contributed by atoms with Crippen molar-refractivity contribution in [3.8, 4) is 5.75 Å². The zero-order chi connectivity index (χ0) is 30.6. The van der Waals surface area contributed by atoms with E-state index >= 15 is 0 Å². The van der Waals surface area contributed by atoms with Crippen molar-refractivity contribution in [3.63, 3.8) is 0 Å². The van der Waals surface area contributed by atoms with E-state index in [-0.39, 0.29) is 24.1 Å². The van der Waals surface area contributed by atoms with Crippen molar-refractivity contribution in [2.24, 2.45) is 0 Å². The number of unbranched alkanes of at least 4 members (excludes halogenated alkanes) is 1. The maximum Gasteiger partial charge on any atom is 0.184 e. The topological polar surface area (TPSA) is 111 Å². The molecule has 2 rings (SSSR count). The summed E-state index contributed by atoms with van der Waals surface area (Å²) in [6.45, 7) is 13.9. The number of carbonyl (C=O) groups is 1. The van der Waals surface area contributed by atoms with Crippen LogP contribution < -0.4 is 15.4 Å². The maximum atomic E-state index is 14.8. The Kier molecular flexibility index (Phi) is 21.8. The molecule has 0 aliphatic heterocycles. The number of methoxy groups -OCH3 is 1. The first-order valence-electron chi connectivity index (χ1n) is 13.5. The highest BCUT2D eigenvalue weighted by Crippen LogP contribution is 2.48. The first kappa shape index (κ1) is 39.1. The molecule has 10 heteroatoms. The van der Waals surface area contributed by atoms with Gasteiger partial charge in [-0.15, -0.1) is 9.24 Å². The number of aliphatic hydroxyl groups excluding tert-OH is 3. The summed E-state index contributed by atoms with van der Waals surface area (Å²) in [5.74, 6) is -1.84. The number of carbonyl (C=O) groups excluding carboxylic acids is 1. The Balaban J connectivity index is 0. The number of benzene rings is 1. The molecule has 0 aromatic heterocycles. The van der Waals surface area contributed by atoms with Crippen LogP contribution in [0.4, 0.5) is 20.2 Å². The van der Waals surface area contributed by atoms with Crippen molar-refractivity contribution in [1.29, 1.82) is 0 Å². The SMILES string of the molecule is C=O.CC.CC/C=C(C)\C=C(\P)C(C)Nc1c(F)c(F)cc(OC)c1NC1(CC(O)CO)CC1.CCCCO. The van der Waals surface area contributed by atoms with E-state index in [9.17, 15) is 19.0 Å². The molecule has 39 heavy (non-hydrogen) atoms. The summed E-state index contributed by atoms with van der Waals surface area (Å²) in [7, 11) is 4.04. The molecule has 1 saturated carbocycles. The van der Waals surface area contributed by atoms with Gasteiger partial charge in [0.05, 0.1) is 19.8 Å². The van der Waals surface area contributed by atoms with E-state index in [0.29, 0.717) is 18.7 Å². The molecule has 1 aliphatic carbocycles. The fourth-order valence-electron chi connectivity index (χ4n) is 3.56. The van der Waals surface area contributed by atoms with E-state index in [0.717, 1.165) is 49.1 Å². The lowest BCUT2D eigenvalue weighted by Gasteiger charge is -2.27. The first-order chi connectivity index (χ1) is 18.6. The molecule has 3 unspecified atom stereocenters. The number of aliphatic hydroxyl groups is 3. The van der Waals surface area contributed by atoms with Crippen molar-refractivity contribution < 1.29 is 33.6 Å². The molecule has 7 nitrogen and oxygen atoms in total. The molecule has 0 radical (unpaired) electrons. The zero-order valence-electron chi connectivity index (χ0n) is 24.7. The van der Waals surface area contributed by atoms with E-state index in [2.05, 4.69) is 39.8 Å². The van der Waals surface area contributed by atoms with Gasteiger partial charge in [-0.1, -0.05) is 51.8 Å². The number of ether oxygens (including phenoxy) is 1. The predicted octanol–water partition coefficient (Wildman–Crippen LogP) is 6.20. The van der Waals surface area contributed by atoms with Gasteiger partial charge in [-0.05, 0) is 51.3 Å². The van der Waals surface area contributed by atoms with Gasteiger partial charge in [0.15, 0.2) is 11.6 Å². The van der Waals surface area contributed by atoms with E-state index < -0.39 is 23.3 Å². The summed E-state index contributed by atoms with van der Waals surface area (Å²) in [5.41, 5.74) is 0.889. The normalized spacial score (nSPS) is 15.2. The molecule has 5 N–H and O–H groups in total. The average molecular weight is 577 g/mol. The van der Waals surface area contributed by atoms with Gasteiger partial charge in [0.25, 0.3) is 0 Å². The smallest absolute Gasteiger partial charge is 0.184 e. The second-order valence-electron chi connectivity index (χ2n) is 9.01. The van der Waals surface area contributed by atoms with Crippen molar-refractivity contribution >= 4 is 27.4 Å². The molecule has 0 saturated heterocycles. The lowest BCUT2D eigenvalue weighted by Crippen LogP contribution is -2.30. The number of rotatable bonds is 13. The zero-order valence-corrected chi connectivity index (χ0v) is 25.9. The molecule has 1 fully saturated rings. The third-order valence-corrected chi connectivity index (χ3v) is 6.44. The standard InChI is InChI=1S/C22H33F2N2O3P.C4H10O.C2H6.CH2O/c1-5-6-13(2)9-18(30)14(3)25-21-19(24)16(23)10-17(29-4)20(21)26-22(7-8-22)11-15(28)12-27;1-2-3-4-5;2*1-2/h6,9-10,14-15,25-28H,5,7-8,11-12,30H2,1-4H3;5H,2-4H2,1H3;1-2H3;1H2/b13-6-,18-9+;;;. The molecule has 226 valence electrons. The van der Waals surface area contributed by atoms with Gasteiger partial charge in [0.1, 0.15) is 23.9 Å². The number of hydrogen-bond donors (Lipinski definition) is 5. The van der Waals surface area contributed by atoms with Crippen LogP contribution in [0.3, 0.4) is 0 Å². The second kappa shape index (κ2) is 21.7. The summed E-state index contributed by atoms with van der Waals surface area (Å²) in [4.78, 5) is 8.00. The lowest BCUT2D eigenvalue weighted by atomic mass is 10.1. The summed E-state index contributed by atoms with van der Waals surface area (Å²) >= 11 is 0. The third kappa shape index (κ3) is 14.2. The van der Waals surface area contributed by atoms with Gasteiger partial charge in [0, 0.05) is 24.3 Å². The van der Waals surface area contributed by atoms with Crippen LogP contribution in [-0.2, 0) is 4.79 Å². The predicted molar refractivity (Wildman–Crippen MR) is 162 cm³/mol. The molecular formula is C29H51F2N2O5P. The Hall–Kier alpha value is -2.06. The molecule has 1 aromatic carbocycles. The summed E-state index contributed by atoms with van der Waals surface area (Å²) in [6.07, 6.45) is 7.92. The number of hydrogen-bond acceptors (Lipinski definition) is 7. The van der Waals surface area contributed by atoms with Gasteiger partial charge >= 0.3 is 0 Å². The fourth-order valence-corrected chi connectivity index (χ4v) is 3.91. The second-order valence-corrected chi connectivity index (χ2v) is 9.68. The van der Waals surface area contributed by atoms with Crippen molar-refractivity contribution in [2.45, 2.75) is 97.8 Å². The molecule has 0 spiro atoms. The van der Waals surface area contributed by atoms with Crippen LogP contribution in [0.15, 0.2) is 29.1 Å². The van der Waals surface area contributed by atoms with Gasteiger partial charge in [-0.3, -0.25) is 0 Å². The minimum atomic E-state index is -1.01. The number of nitrogens with one attached hydrogen (secondary N) is 2. The highest BCUT2D eigenvalue weighted by molar-refractivity contribution is 7.22. The van der Waals surface area contributed by atoms with Crippen LogP contribution in [0.1, 0.15) is 80.1 Å². The van der Waals surface area contributed by atoms with E-state index in [1.54, 1.807) is 0 Å². The Morgan fingerprint density at radius 3 is 2.23 bits per heavy atom. The molecule has 1 aromatic rings. The fraction of sp³-hybridized carbons (Fsp3) is 0.621. The van der Waals surface area contributed by atoms with Crippen LogP contribution in [0.5, 0.6) is 5.75 Å². The van der Waals surface area contributed by atoms with Crippen molar-refractivity contribution in [1.82, 2.24) is 0 Å². The lowest BCUT2D eigenvalue weighted by molar-refractivity contribution is -0.0980. The van der Waals surface area contributed by atoms with Crippen LogP contribution in [0.2, 0.25) is 0 Å².